The Morgan fingerprint density at radius 3 is 2.53 bits per heavy atom. The van der Waals surface area contributed by atoms with Crippen molar-refractivity contribution in [3.05, 3.63) is 55.1 Å². The van der Waals surface area contributed by atoms with Gasteiger partial charge in [0.15, 0.2) is 8.32 Å². The average molecular weight is 602 g/mol. The molecule has 186 valence electrons. The molecule has 2 heterocycles. The highest BCUT2D eigenvalue weighted by atomic mass is 127. The Bertz CT molecular complexity index is 1130. The Morgan fingerprint density at radius 1 is 1.18 bits per heavy atom. The van der Waals surface area contributed by atoms with Crippen LogP contribution in [0, 0.1) is 9.39 Å². The van der Waals surface area contributed by atoms with Gasteiger partial charge in [-0.15, -0.1) is 0 Å². The SMILES string of the molecule is Cn1c(Nc2ccc(I)cc2F)c2c(cc1=O)CCN(OCCCO[Si](C)(C)C(C)(C)C)C2=O. The van der Waals surface area contributed by atoms with Crippen molar-refractivity contribution < 1.29 is 18.4 Å². The second-order valence-electron chi connectivity index (χ2n) is 9.99. The highest BCUT2D eigenvalue weighted by Crippen LogP contribution is 2.36. The minimum atomic E-state index is -1.83. The molecule has 0 aliphatic carbocycles. The third-order valence-corrected chi connectivity index (χ3v) is 11.7. The predicted molar refractivity (Wildman–Crippen MR) is 143 cm³/mol. The van der Waals surface area contributed by atoms with Crippen LogP contribution in [0.15, 0.2) is 29.1 Å². The monoisotopic (exact) mass is 601 g/mol. The Labute approximate surface area is 214 Å². The first kappa shape index (κ1) is 26.8. The Balaban J connectivity index is 1.73. The van der Waals surface area contributed by atoms with Crippen LogP contribution in [0.5, 0.6) is 0 Å². The summed E-state index contributed by atoms with van der Waals surface area (Å²) in [6, 6.07) is 6.19. The molecule has 0 spiro atoms. The van der Waals surface area contributed by atoms with Gasteiger partial charge in [-0.05, 0) is 77.3 Å². The average Bonchev–Trinajstić information content (AvgIpc) is 2.73. The van der Waals surface area contributed by atoms with Crippen LogP contribution in [0.3, 0.4) is 0 Å². The lowest BCUT2D eigenvalue weighted by atomic mass is 10.0. The van der Waals surface area contributed by atoms with Crippen molar-refractivity contribution in [3.63, 3.8) is 0 Å². The third-order valence-electron chi connectivity index (χ3n) is 6.54. The summed E-state index contributed by atoms with van der Waals surface area (Å²) in [4.78, 5) is 31.6. The van der Waals surface area contributed by atoms with Gasteiger partial charge in [0, 0.05) is 23.3 Å². The summed E-state index contributed by atoms with van der Waals surface area (Å²) in [5, 5.41) is 4.42. The Kier molecular flexibility index (Phi) is 8.26. The molecule has 1 aliphatic heterocycles. The van der Waals surface area contributed by atoms with Gasteiger partial charge in [0.25, 0.3) is 11.5 Å². The number of aromatic nitrogens is 1. The molecule has 7 nitrogen and oxygen atoms in total. The number of rotatable bonds is 8. The molecule has 1 aromatic heterocycles. The number of benzene rings is 1. The highest BCUT2D eigenvalue weighted by Gasteiger charge is 2.37. The number of hydrogen-bond acceptors (Lipinski definition) is 5. The number of amides is 1. The molecule has 0 saturated heterocycles. The first-order valence-electron chi connectivity index (χ1n) is 11.4. The fourth-order valence-corrected chi connectivity index (χ4v) is 4.94. The van der Waals surface area contributed by atoms with Crippen molar-refractivity contribution in [1.29, 1.82) is 0 Å². The Morgan fingerprint density at radius 2 is 1.88 bits per heavy atom. The van der Waals surface area contributed by atoms with E-state index in [0.29, 0.717) is 43.7 Å². The quantitative estimate of drug-likeness (QED) is 0.256. The second-order valence-corrected chi connectivity index (χ2v) is 16.0. The number of fused-ring (bicyclic) bond motifs is 1. The van der Waals surface area contributed by atoms with Crippen LogP contribution in [0.1, 0.15) is 43.1 Å². The van der Waals surface area contributed by atoms with E-state index in [-0.39, 0.29) is 28.0 Å². The van der Waals surface area contributed by atoms with E-state index in [0.717, 1.165) is 3.57 Å². The predicted octanol–water partition coefficient (Wildman–Crippen LogP) is 5.21. The van der Waals surface area contributed by atoms with Gasteiger partial charge in [-0.2, -0.15) is 0 Å². The molecule has 0 radical (unpaired) electrons. The number of pyridine rings is 1. The maximum absolute atomic E-state index is 14.5. The number of nitrogens with one attached hydrogen (secondary N) is 1. The molecule has 0 fully saturated rings. The minimum absolute atomic E-state index is 0.135. The van der Waals surface area contributed by atoms with E-state index in [1.165, 1.54) is 21.8 Å². The molecule has 2 aromatic rings. The fourth-order valence-electron chi connectivity index (χ4n) is 3.40. The molecule has 0 unspecified atom stereocenters. The van der Waals surface area contributed by atoms with Gasteiger partial charge >= 0.3 is 0 Å². The summed E-state index contributed by atoms with van der Waals surface area (Å²) >= 11 is 2.02. The molecule has 1 aliphatic rings. The Hall–Kier alpha value is -1.76. The van der Waals surface area contributed by atoms with Crippen molar-refractivity contribution in [2.75, 3.05) is 25.1 Å². The molecule has 1 N–H and O–H groups in total. The summed E-state index contributed by atoms with van der Waals surface area (Å²) in [6.07, 6.45) is 1.14. The number of carbonyl (C=O) groups is 1. The standard InChI is InChI=1S/C24H33FIN3O4Si/c1-24(2,3)34(5,6)33-13-7-12-32-29-11-10-16-14-20(30)28(4)22(21(16)23(29)31)27-19-9-8-17(26)15-18(19)25/h8-9,14-15,27H,7,10-13H2,1-6H3. The fraction of sp³-hybridized carbons (Fsp3) is 0.500. The number of anilines is 2. The first-order valence-corrected chi connectivity index (χ1v) is 15.3. The van der Waals surface area contributed by atoms with Crippen molar-refractivity contribution in [2.24, 2.45) is 7.05 Å². The topological polar surface area (TPSA) is 72.8 Å². The van der Waals surface area contributed by atoms with Gasteiger partial charge < -0.3 is 9.74 Å². The van der Waals surface area contributed by atoms with Crippen molar-refractivity contribution in [1.82, 2.24) is 9.63 Å². The van der Waals surface area contributed by atoms with Crippen LogP contribution < -0.4 is 10.9 Å². The van der Waals surface area contributed by atoms with Gasteiger partial charge in [-0.25, -0.2) is 9.45 Å². The summed E-state index contributed by atoms with van der Waals surface area (Å²) < 4.78 is 22.7. The van der Waals surface area contributed by atoms with Crippen LogP contribution in [0.2, 0.25) is 18.1 Å². The van der Waals surface area contributed by atoms with Crippen LogP contribution >= 0.6 is 22.6 Å². The van der Waals surface area contributed by atoms with Gasteiger partial charge in [-0.3, -0.25) is 19.0 Å². The number of nitrogens with zero attached hydrogens (tertiary/aromatic N) is 2. The normalized spacial score (nSPS) is 14.4. The van der Waals surface area contributed by atoms with E-state index in [1.54, 1.807) is 19.2 Å². The van der Waals surface area contributed by atoms with E-state index in [4.69, 9.17) is 9.26 Å². The summed E-state index contributed by atoms with van der Waals surface area (Å²) in [6.45, 7) is 12.3. The first-order chi connectivity index (χ1) is 15.8. The smallest absolute Gasteiger partial charge is 0.281 e. The summed E-state index contributed by atoms with van der Waals surface area (Å²) in [7, 11) is -0.271. The van der Waals surface area contributed by atoms with Crippen LogP contribution in [0.4, 0.5) is 15.9 Å². The zero-order valence-corrected chi connectivity index (χ0v) is 23.8. The molecule has 34 heavy (non-hydrogen) atoms. The maximum atomic E-state index is 14.5. The lowest BCUT2D eigenvalue weighted by Gasteiger charge is -2.36. The summed E-state index contributed by atoms with van der Waals surface area (Å²) in [5.41, 5.74) is 0.876. The van der Waals surface area contributed by atoms with Crippen molar-refractivity contribution in [3.8, 4) is 0 Å². The third kappa shape index (κ3) is 5.89. The van der Waals surface area contributed by atoms with E-state index in [2.05, 4.69) is 39.2 Å². The molecular weight excluding hydrogens is 568 g/mol. The minimum Gasteiger partial charge on any atom is -0.417 e. The number of halogens is 2. The number of hydroxylamine groups is 2. The van der Waals surface area contributed by atoms with Crippen LogP contribution in [0.25, 0.3) is 0 Å². The van der Waals surface area contributed by atoms with E-state index < -0.39 is 14.1 Å². The molecule has 0 bridgehead atoms. The largest absolute Gasteiger partial charge is 0.417 e. The van der Waals surface area contributed by atoms with Crippen LogP contribution in [-0.4, -0.2) is 43.6 Å². The van der Waals surface area contributed by atoms with Crippen LogP contribution in [-0.2, 0) is 22.7 Å². The zero-order valence-electron chi connectivity index (χ0n) is 20.6. The maximum Gasteiger partial charge on any atom is 0.281 e. The molecule has 3 rings (SSSR count). The van der Waals surface area contributed by atoms with Gasteiger partial charge in [0.05, 0.1) is 24.4 Å². The van der Waals surface area contributed by atoms with Gasteiger partial charge in [0.1, 0.15) is 11.6 Å². The molecular formula is C24H33FIN3O4Si. The molecule has 1 aromatic carbocycles. The highest BCUT2D eigenvalue weighted by molar-refractivity contribution is 14.1. The molecule has 0 atom stereocenters. The zero-order chi connectivity index (χ0) is 25.3. The van der Waals surface area contributed by atoms with E-state index in [9.17, 15) is 14.0 Å². The second kappa shape index (κ2) is 10.5. The molecule has 0 saturated carbocycles. The van der Waals surface area contributed by atoms with Crippen molar-refractivity contribution in [2.45, 2.75) is 51.7 Å². The van der Waals surface area contributed by atoms with E-state index >= 15 is 0 Å². The van der Waals surface area contributed by atoms with E-state index in [1.807, 2.05) is 22.6 Å². The van der Waals surface area contributed by atoms with Gasteiger partial charge in [-0.1, -0.05) is 20.8 Å². The lowest BCUT2D eigenvalue weighted by molar-refractivity contribution is -0.127. The summed E-state index contributed by atoms with van der Waals surface area (Å²) in [5.74, 6) is -0.562. The molecule has 1 amide bonds. The molecule has 10 heteroatoms. The number of hydrogen-bond donors (Lipinski definition) is 1. The van der Waals surface area contributed by atoms with Crippen molar-refractivity contribution >= 4 is 48.3 Å². The number of carbonyl (C=O) groups excluding carboxylic acids is 1. The lowest BCUT2D eigenvalue weighted by Crippen LogP contribution is -2.42. The van der Waals surface area contributed by atoms with Gasteiger partial charge in [0.2, 0.25) is 0 Å².